The van der Waals surface area contributed by atoms with Gasteiger partial charge in [-0.15, -0.1) is 0 Å². The van der Waals surface area contributed by atoms with Crippen molar-refractivity contribution < 1.29 is 4.79 Å². The highest BCUT2D eigenvalue weighted by Crippen LogP contribution is 2.31. The van der Waals surface area contributed by atoms with Gasteiger partial charge in [-0.05, 0) is 30.2 Å². The summed E-state index contributed by atoms with van der Waals surface area (Å²) < 4.78 is 0. The molecule has 2 rings (SSSR count). The Morgan fingerprint density at radius 1 is 1.44 bits per heavy atom. The smallest absolute Gasteiger partial charge is 0.251 e. The number of nitrogen functional groups attached to an aromatic ring is 1. The molecule has 1 amide bonds. The minimum atomic E-state index is -0.108. The average Bonchev–Trinajstić information content (AvgIpc) is 2.90. The monoisotopic (exact) mass is 244 g/mol. The van der Waals surface area contributed by atoms with Crippen molar-refractivity contribution in [1.29, 1.82) is 0 Å². The van der Waals surface area contributed by atoms with E-state index in [0.29, 0.717) is 11.3 Å². The van der Waals surface area contributed by atoms with E-state index in [1.165, 1.54) is 0 Å². The van der Waals surface area contributed by atoms with Crippen molar-refractivity contribution in [2.24, 2.45) is 0 Å². The van der Waals surface area contributed by atoms with Crippen LogP contribution in [-0.2, 0) is 6.42 Å². The van der Waals surface area contributed by atoms with Crippen LogP contribution in [0.1, 0.15) is 22.8 Å². The second-order valence-electron chi connectivity index (χ2n) is 3.95. The Hall–Kier alpha value is -2.30. The molecule has 5 nitrogen and oxygen atoms in total. The molecule has 4 N–H and O–H groups in total. The van der Waals surface area contributed by atoms with E-state index >= 15 is 0 Å². The van der Waals surface area contributed by atoms with E-state index in [-0.39, 0.29) is 5.91 Å². The van der Waals surface area contributed by atoms with Gasteiger partial charge in [0.1, 0.15) is 0 Å². The second kappa shape index (κ2) is 4.91. The Morgan fingerprint density at radius 3 is 2.78 bits per heavy atom. The van der Waals surface area contributed by atoms with E-state index in [1.807, 2.05) is 13.0 Å². The first-order chi connectivity index (χ1) is 8.69. The molecule has 0 aliphatic carbocycles. The van der Waals surface area contributed by atoms with Crippen LogP contribution >= 0.6 is 0 Å². The predicted octanol–water partition coefficient (Wildman–Crippen LogP) is 1.58. The third kappa shape index (κ3) is 1.95. The summed E-state index contributed by atoms with van der Waals surface area (Å²) in [6.45, 7) is 2.00. The number of carbonyl (C=O) groups excluding carboxylic acids is 1. The van der Waals surface area contributed by atoms with Crippen LogP contribution in [0.2, 0.25) is 0 Å². The fourth-order valence-electron chi connectivity index (χ4n) is 2.08. The molecule has 0 saturated heterocycles. The van der Waals surface area contributed by atoms with Gasteiger partial charge in [0.2, 0.25) is 0 Å². The fourth-order valence-corrected chi connectivity index (χ4v) is 2.08. The van der Waals surface area contributed by atoms with E-state index in [4.69, 9.17) is 5.73 Å². The third-order valence-corrected chi connectivity index (χ3v) is 2.93. The van der Waals surface area contributed by atoms with E-state index in [9.17, 15) is 4.79 Å². The van der Waals surface area contributed by atoms with Crippen molar-refractivity contribution in [1.82, 2.24) is 15.5 Å². The molecule has 0 aliphatic heterocycles. The number of H-pyrrole nitrogens is 1. The highest BCUT2D eigenvalue weighted by molar-refractivity contribution is 5.99. The lowest BCUT2D eigenvalue weighted by atomic mass is 9.94. The molecule has 1 heterocycles. The van der Waals surface area contributed by atoms with Crippen LogP contribution in [0.15, 0.2) is 24.4 Å². The average molecular weight is 244 g/mol. The molecule has 0 unspecified atom stereocenters. The zero-order valence-electron chi connectivity index (χ0n) is 10.4. The zero-order valence-corrected chi connectivity index (χ0v) is 10.4. The van der Waals surface area contributed by atoms with Gasteiger partial charge in [0.05, 0.1) is 5.69 Å². The lowest BCUT2D eigenvalue weighted by molar-refractivity contribution is 0.0962. The summed E-state index contributed by atoms with van der Waals surface area (Å²) in [5.41, 5.74) is 9.80. The summed E-state index contributed by atoms with van der Waals surface area (Å²) in [6, 6.07) is 5.34. The van der Waals surface area contributed by atoms with Crippen LogP contribution in [-0.4, -0.2) is 23.2 Å². The van der Waals surface area contributed by atoms with Gasteiger partial charge in [-0.1, -0.05) is 6.92 Å². The number of aromatic amines is 1. The van der Waals surface area contributed by atoms with E-state index in [0.717, 1.165) is 23.2 Å². The third-order valence-electron chi connectivity index (χ3n) is 2.93. The molecule has 1 aromatic carbocycles. The van der Waals surface area contributed by atoms with Gasteiger partial charge in [-0.3, -0.25) is 9.89 Å². The number of aromatic nitrogens is 2. The number of nitrogens with one attached hydrogen (secondary N) is 2. The van der Waals surface area contributed by atoms with Gasteiger partial charge in [0.15, 0.2) is 0 Å². The van der Waals surface area contributed by atoms with Gasteiger partial charge >= 0.3 is 0 Å². The van der Waals surface area contributed by atoms with E-state index < -0.39 is 0 Å². The summed E-state index contributed by atoms with van der Waals surface area (Å²) in [5, 5.41) is 9.55. The van der Waals surface area contributed by atoms with Crippen LogP contribution in [0.25, 0.3) is 11.3 Å². The van der Waals surface area contributed by atoms with Crippen molar-refractivity contribution in [2.45, 2.75) is 13.3 Å². The summed E-state index contributed by atoms with van der Waals surface area (Å²) >= 11 is 0. The van der Waals surface area contributed by atoms with Crippen LogP contribution < -0.4 is 11.1 Å². The Balaban J connectivity index is 2.68. The highest BCUT2D eigenvalue weighted by Gasteiger charge is 2.17. The lowest BCUT2D eigenvalue weighted by Crippen LogP contribution is -2.20. The first-order valence-electron chi connectivity index (χ1n) is 5.82. The standard InChI is InChI=1S/C13H16N4O/c1-3-8-9(13(18)15-2)4-5-10(14)12(8)11-6-7-16-17-11/h4-7H,3,14H2,1-2H3,(H,15,18)(H,16,17). The normalized spacial score (nSPS) is 10.3. The van der Waals surface area contributed by atoms with Gasteiger partial charge in [0.25, 0.3) is 5.91 Å². The summed E-state index contributed by atoms with van der Waals surface area (Å²) in [5.74, 6) is -0.108. The van der Waals surface area contributed by atoms with Crippen LogP contribution in [0.5, 0.6) is 0 Å². The van der Waals surface area contributed by atoms with Crippen molar-refractivity contribution in [3.05, 3.63) is 35.5 Å². The molecule has 1 aromatic heterocycles. The topological polar surface area (TPSA) is 83.8 Å². The minimum absolute atomic E-state index is 0.108. The second-order valence-corrected chi connectivity index (χ2v) is 3.95. The molecule has 0 bridgehead atoms. The number of amides is 1. The molecule has 0 aliphatic rings. The number of nitrogens with two attached hydrogens (primary N) is 1. The Morgan fingerprint density at radius 2 is 2.22 bits per heavy atom. The van der Waals surface area contributed by atoms with Gasteiger partial charge in [-0.25, -0.2) is 0 Å². The number of hydrogen-bond acceptors (Lipinski definition) is 3. The van der Waals surface area contributed by atoms with E-state index in [2.05, 4.69) is 15.5 Å². The lowest BCUT2D eigenvalue weighted by Gasteiger charge is -2.13. The van der Waals surface area contributed by atoms with Crippen molar-refractivity contribution in [2.75, 3.05) is 12.8 Å². The molecule has 94 valence electrons. The maximum atomic E-state index is 11.8. The zero-order chi connectivity index (χ0) is 13.1. The van der Waals surface area contributed by atoms with Gasteiger partial charge < -0.3 is 11.1 Å². The van der Waals surface area contributed by atoms with Crippen molar-refractivity contribution in [3.63, 3.8) is 0 Å². The van der Waals surface area contributed by atoms with Gasteiger partial charge in [-0.2, -0.15) is 5.10 Å². The SMILES string of the molecule is CCc1c(C(=O)NC)ccc(N)c1-c1cc[nH]n1. The Bertz CT molecular complexity index is 561. The highest BCUT2D eigenvalue weighted by atomic mass is 16.1. The van der Waals surface area contributed by atoms with Crippen molar-refractivity contribution >= 4 is 11.6 Å². The molecule has 0 atom stereocenters. The minimum Gasteiger partial charge on any atom is -0.398 e. The maximum absolute atomic E-state index is 11.8. The number of carbonyl (C=O) groups is 1. The van der Waals surface area contributed by atoms with Crippen LogP contribution in [0.4, 0.5) is 5.69 Å². The molecule has 0 fully saturated rings. The molecule has 2 aromatic rings. The first-order valence-corrected chi connectivity index (χ1v) is 5.82. The molecule has 5 heteroatoms. The first kappa shape index (κ1) is 12.2. The summed E-state index contributed by atoms with van der Waals surface area (Å²) in [4.78, 5) is 11.8. The Kier molecular flexibility index (Phi) is 3.32. The molecule has 0 radical (unpaired) electrons. The van der Waals surface area contributed by atoms with Crippen LogP contribution in [0, 0.1) is 0 Å². The number of benzene rings is 1. The number of hydrogen-bond donors (Lipinski definition) is 3. The fraction of sp³-hybridized carbons (Fsp3) is 0.231. The number of nitrogens with zero attached hydrogens (tertiary/aromatic N) is 1. The van der Waals surface area contributed by atoms with Gasteiger partial charge in [0, 0.05) is 30.1 Å². The maximum Gasteiger partial charge on any atom is 0.251 e. The molecular formula is C13H16N4O. The number of anilines is 1. The predicted molar refractivity (Wildman–Crippen MR) is 71.2 cm³/mol. The van der Waals surface area contributed by atoms with E-state index in [1.54, 1.807) is 25.4 Å². The molecular weight excluding hydrogens is 228 g/mol. The Labute approximate surface area is 105 Å². The van der Waals surface area contributed by atoms with Crippen LogP contribution in [0.3, 0.4) is 0 Å². The number of rotatable bonds is 3. The van der Waals surface area contributed by atoms with Crippen molar-refractivity contribution in [3.8, 4) is 11.3 Å². The summed E-state index contributed by atoms with van der Waals surface area (Å²) in [7, 11) is 1.62. The molecule has 0 spiro atoms. The molecule has 0 saturated carbocycles. The summed E-state index contributed by atoms with van der Waals surface area (Å²) in [6.07, 6.45) is 2.46. The largest absolute Gasteiger partial charge is 0.398 e. The molecule has 18 heavy (non-hydrogen) atoms. The quantitative estimate of drug-likeness (QED) is 0.717.